The van der Waals surface area contributed by atoms with Crippen LogP contribution in [0.1, 0.15) is 43.4 Å². The average molecular weight is 218 g/mol. The maximum atomic E-state index is 11.6. The lowest BCUT2D eigenvalue weighted by atomic mass is 9.93. The van der Waals surface area contributed by atoms with Gasteiger partial charge in [-0.05, 0) is 43.4 Å². The van der Waals surface area contributed by atoms with E-state index in [9.17, 15) is 4.79 Å². The minimum absolute atomic E-state index is 0.181. The van der Waals surface area contributed by atoms with E-state index < -0.39 is 0 Å². The summed E-state index contributed by atoms with van der Waals surface area (Å²) in [6.07, 6.45) is 7.10. The highest BCUT2D eigenvalue weighted by Gasteiger charge is 2.26. The number of aryl methyl sites for hydroxylation is 1. The molecule has 0 spiro atoms. The third-order valence-corrected chi connectivity index (χ3v) is 3.33. The first-order chi connectivity index (χ1) is 7.70. The van der Waals surface area contributed by atoms with Crippen LogP contribution in [0, 0.1) is 6.92 Å². The molecule has 1 aliphatic rings. The number of hydrogen-bond acceptors (Lipinski definition) is 2. The molecule has 1 aromatic heterocycles. The highest BCUT2D eigenvalue weighted by atomic mass is 16.2. The van der Waals surface area contributed by atoms with Crippen LogP contribution in [0.25, 0.3) is 0 Å². The van der Waals surface area contributed by atoms with E-state index >= 15 is 0 Å². The fourth-order valence-corrected chi connectivity index (χ4v) is 2.49. The number of pyridine rings is 1. The van der Waals surface area contributed by atoms with Crippen molar-refractivity contribution in [1.82, 2.24) is 9.88 Å². The van der Waals surface area contributed by atoms with E-state index in [0.717, 1.165) is 19.4 Å². The van der Waals surface area contributed by atoms with Gasteiger partial charge in [-0.25, -0.2) is 0 Å². The Morgan fingerprint density at radius 1 is 1.50 bits per heavy atom. The van der Waals surface area contributed by atoms with Crippen molar-refractivity contribution >= 4 is 5.91 Å². The zero-order valence-electron chi connectivity index (χ0n) is 9.94. The summed E-state index contributed by atoms with van der Waals surface area (Å²) in [4.78, 5) is 17.7. The predicted molar refractivity (Wildman–Crippen MR) is 63.0 cm³/mol. The molecule has 0 saturated carbocycles. The summed E-state index contributed by atoms with van der Waals surface area (Å²) in [5, 5.41) is 0. The van der Waals surface area contributed by atoms with Crippen LogP contribution in [0.5, 0.6) is 0 Å². The number of rotatable bonds is 1. The molecule has 0 N–H and O–H groups in total. The van der Waals surface area contributed by atoms with Gasteiger partial charge in [-0.2, -0.15) is 0 Å². The molecule has 1 atom stereocenters. The van der Waals surface area contributed by atoms with Crippen molar-refractivity contribution in [3.8, 4) is 0 Å². The standard InChI is InChI=1S/C13H18N2O/c1-10-9-14-7-6-12(10)13-5-3-4-8-15(13)11(2)16/h6-7,9,13H,3-5,8H2,1-2H3. The van der Waals surface area contributed by atoms with E-state index in [2.05, 4.69) is 11.9 Å². The molecule has 0 radical (unpaired) electrons. The first-order valence-corrected chi connectivity index (χ1v) is 5.88. The lowest BCUT2D eigenvalue weighted by Gasteiger charge is -2.36. The number of carbonyl (C=O) groups excluding carboxylic acids is 1. The molecule has 2 rings (SSSR count). The van der Waals surface area contributed by atoms with Crippen LogP contribution >= 0.6 is 0 Å². The van der Waals surface area contributed by atoms with Crippen molar-refractivity contribution in [1.29, 1.82) is 0 Å². The first-order valence-electron chi connectivity index (χ1n) is 5.88. The molecule has 3 heteroatoms. The van der Waals surface area contributed by atoms with Crippen LogP contribution in [0.2, 0.25) is 0 Å². The summed E-state index contributed by atoms with van der Waals surface area (Å²) in [6, 6.07) is 2.30. The smallest absolute Gasteiger partial charge is 0.219 e. The maximum absolute atomic E-state index is 11.6. The summed E-state index contributed by atoms with van der Waals surface area (Å²) in [7, 11) is 0. The summed E-state index contributed by atoms with van der Waals surface area (Å²) in [6.45, 7) is 4.62. The Morgan fingerprint density at radius 2 is 2.31 bits per heavy atom. The number of carbonyl (C=O) groups is 1. The highest BCUT2D eigenvalue weighted by Crippen LogP contribution is 2.32. The van der Waals surface area contributed by atoms with Gasteiger partial charge >= 0.3 is 0 Å². The number of hydrogen-bond donors (Lipinski definition) is 0. The van der Waals surface area contributed by atoms with Gasteiger partial charge < -0.3 is 4.90 Å². The van der Waals surface area contributed by atoms with Crippen molar-refractivity contribution in [3.05, 3.63) is 29.6 Å². The molecule has 1 fully saturated rings. The molecule has 86 valence electrons. The van der Waals surface area contributed by atoms with Crippen molar-refractivity contribution in [3.63, 3.8) is 0 Å². The summed E-state index contributed by atoms with van der Waals surface area (Å²) in [5.74, 6) is 0.181. The normalized spacial score (nSPS) is 20.9. The predicted octanol–water partition coefficient (Wildman–Crippen LogP) is 2.46. The second kappa shape index (κ2) is 4.64. The third-order valence-electron chi connectivity index (χ3n) is 3.33. The minimum Gasteiger partial charge on any atom is -0.336 e. The van der Waals surface area contributed by atoms with Crippen LogP contribution in [0.3, 0.4) is 0 Å². The molecule has 1 aliphatic heterocycles. The zero-order valence-corrected chi connectivity index (χ0v) is 9.94. The summed E-state index contributed by atoms with van der Waals surface area (Å²) in [5.41, 5.74) is 2.44. The van der Waals surface area contributed by atoms with Gasteiger partial charge in [0, 0.05) is 25.9 Å². The Morgan fingerprint density at radius 3 is 3.00 bits per heavy atom. The van der Waals surface area contributed by atoms with Crippen molar-refractivity contribution < 1.29 is 4.79 Å². The molecule has 1 unspecified atom stereocenters. The van der Waals surface area contributed by atoms with Crippen LogP contribution in [-0.2, 0) is 4.79 Å². The van der Waals surface area contributed by atoms with Crippen molar-refractivity contribution in [2.75, 3.05) is 6.54 Å². The van der Waals surface area contributed by atoms with Crippen LogP contribution in [-0.4, -0.2) is 22.3 Å². The molecule has 3 nitrogen and oxygen atoms in total. The van der Waals surface area contributed by atoms with Crippen LogP contribution in [0.4, 0.5) is 0 Å². The van der Waals surface area contributed by atoms with Crippen molar-refractivity contribution in [2.45, 2.75) is 39.2 Å². The monoisotopic (exact) mass is 218 g/mol. The SMILES string of the molecule is CC(=O)N1CCCCC1c1ccncc1C. The van der Waals surface area contributed by atoms with Gasteiger partial charge in [-0.3, -0.25) is 9.78 Å². The molecule has 1 amide bonds. The summed E-state index contributed by atoms with van der Waals surface area (Å²) < 4.78 is 0. The van der Waals surface area contributed by atoms with Gasteiger partial charge in [-0.15, -0.1) is 0 Å². The molecule has 0 aliphatic carbocycles. The third kappa shape index (κ3) is 2.08. The molecule has 16 heavy (non-hydrogen) atoms. The van der Waals surface area contributed by atoms with E-state index in [1.807, 2.05) is 23.4 Å². The molecule has 1 saturated heterocycles. The highest BCUT2D eigenvalue weighted by molar-refractivity contribution is 5.74. The van der Waals surface area contributed by atoms with E-state index in [4.69, 9.17) is 0 Å². The molecular weight excluding hydrogens is 200 g/mol. The second-order valence-corrected chi connectivity index (χ2v) is 4.46. The molecule has 0 bridgehead atoms. The Bertz CT molecular complexity index is 389. The Kier molecular flexibility index (Phi) is 3.22. The lowest BCUT2D eigenvalue weighted by molar-refractivity contribution is -0.132. The average Bonchev–Trinajstić information content (AvgIpc) is 2.29. The fourth-order valence-electron chi connectivity index (χ4n) is 2.49. The van der Waals surface area contributed by atoms with Gasteiger partial charge in [0.2, 0.25) is 5.91 Å². The Balaban J connectivity index is 2.30. The number of amides is 1. The molecule has 1 aromatic rings. The Labute approximate surface area is 96.5 Å². The second-order valence-electron chi connectivity index (χ2n) is 4.46. The van der Waals surface area contributed by atoms with E-state index in [-0.39, 0.29) is 11.9 Å². The van der Waals surface area contributed by atoms with E-state index in [0.29, 0.717) is 0 Å². The number of piperidine rings is 1. The van der Waals surface area contributed by atoms with Gasteiger partial charge in [0.05, 0.1) is 6.04 Å². The first kappa shape index (κ1) is 11.1. The number of aromatic nitrogens is 1. The van der Waals surface area contributed by atoms with Gasteiger partial charge in [0.25, 0.3) is 0 Å². The lowest BCUT2D eigenvalue weighted by Crippen LogP contribution is -2.37. The van der Waals surface area contributed by atoms with Crippen LogP contribution < -0.4 is 0 Å². The molecule has 2 heterocycles. The van der Waals surface area contributed by atoms with Gasteiger partial charge in [0.1, 0.15) is 0 Å². The fraction of sp³-hybridized carbons (Fsp3) is 0.538. The summed E-state index contributed by atoms with van der Waals surface area (Å²) >= 11 is 0. The van der Waals surface area contributed by atoms with Gasteiger partial charge in [0.15, 0.2) is 0 Å². The topological polar surface area (TPSA) is 33.2 Å². The van der Waals surface area contributed by atoms with Crippen molar-refractivity contribution in [2.24, 2.45) is 0 Å². The van der Waals surface area contributed by atoms with Crippen LogP contribution in [0.15, 0.2) is 18.5 Å². The van der Waals surface area contributed by atoms with E-state index in [1.54, 1.807) is 6.92 Å². The largest absolute Gasteiger partial charge is 0.336 e. The Hall–Kier alpha value is -1.38. The van der Waals surface area contributed by atoms with Gasteiger partial charge in [-0.1, -0.05) is 0 Å². The minimum atomic E-state index is 0.181. The number of nitrogens with zero attached hydrogens (tertiary/aromatic N) is 2. The zero-order chi connectivity index (χ0) is 11.5. The quantitative estimate of drug-likeness (QED) is 0.725. The molecular formula is C13H18N2O. The maximum Gasteiger partial charge on any atom is 0.219 e. The number of likely N-dealkylation sites (tertiary alicyclic amines) is 1. The van der Waals surface area contributed by atoms with E-state index in [1.165, 1.54) is 17.5 Å². The molecule has 0 aromatic carbocycles.